The number of esters is 2. The quantitative estimate of drug-likeness (QED) is 0.669. The number of nitrogens with zero attached hydrogens (tertiary/aromatic N) is 2. The summed E-state index contributed by atoms with van der Waals surface area (Å²) in [6.45, 7) is 1.45. The molecule has 28 heavy (non-hydrogen) atoms. The number of carbonyl (C=O) groups is 3. The molecule has 0 saturated carbocycles. The lowest BCUT2D eigenvalue weighted by atomic mass is 10.1. The first-order valence-corrected chi connectivity index (χ1v) is 8.96. The van der Waals surface area contributed by atoms with Crippen molar-refractivity contribution >= 4 is 50.1 Å². The zero-order valence-electron chi connectivity index (χ0n) is 14.9. The Morgan fingerprint density at radius 3 is 2.21 bits per heavy atom. The summed E-state index contributed by atoms with van der Waals surface area (Å²) in [6, 6.07) is 0. The van der Waals surface area contributed by atoms with E-state index in [1.165, 1.54) is 6.92 Å². The van der Waals surface area contributed by atoms with Gasteiger partial charge in [-0.3, -0.25) is 9.48 Å². The third-order valence-electron chi connectivity index (χ3n) is 3.61. The van der Waals surface area contributed by atoms with Crippen molar-refractivity contribution in [1.82, 2.24) is 9.78 Å². The van der Waals surface area contributed by atoms with Gasteiger partial charge in [0, 0.05) is 7.05 Å². The van der Waals surface area contributed by atoms with E-state index in [9.17, 15) is 27.6 Å². The average Bonchev–Trinajstić information content (AvgIpc) is 3.09. The van der Waals surface area contributed by atoms with Crippen molar-refractivity contribution in [3.8, 4) is 0 Å². The second kappa shape index (κ2) is 7.91. The van der Waals surface area contributed by atoms with Gasteiger partial charge in [0.25, 0.3) is 5.91 Å². The highest BCUT2D eigenvalue weighted by atomic mass is 79.9. The number of anilines is 1. The Balaban J connectivity index is 2.52. The number of amides is 1. The Hall–Kier alpha value is -2.41. The number of aryl methyl sites for hydroxylation is 1. The fourth-order valence-corrected chi connectivity index (χ4v) is 4.17. The molecule has 0 atom stereocenters. The van der Waals surface area contributed by atoms with Crippen LogP contribution in [0.3, 0.4) is 0 Å². The van der Waals surface area contributed by atoms with Gasteiger partial charge in [0.05, 0.1) is 24.3 Å². The Morgan fingerprint density at radius 1 is 1.18 bits per heavy atom. The van der Waals surface area contributed by atoms with Crippen LogP contribution in [0.5, 0.6) is 0 Å². The van der Waals surface area contributed by atoms with E-state index in [2.05, 4.69) is 35.8 Å². The van der Waals surface area contributed by atoms with Crippen LogP contribution >= 0.6 is 27.3 Å². The van der Waals surface area contributed by atoms with Gasteiger partial charge in [0.15, 0.2) is 5.69 Å². The van der Waals surface area contributed by atoms with Gasteiger partial charge in [-0.05, 0) is 28.4 Å². The maximum atomic E-state index is 13.0. The number of carbonyl (C=O) groups excluding carboxylic acids is 3. The average molecular weight is 484 g/mol. The molecular formula is C15H13BrF3N3O5S. The number of nitrogens with one attached hydrogen (secondary N) is 1. The minimum Gasteiger partial charge on any atom is -0.465 e. The molecule has 8 nitrogen and oxygen atoms in total. The van der Waals surface area contributed by atoms with E-state index in [0.717, 1.165) is 37.3 Å². The molecule has 0 saturated heterocycles. The van der Waals surface area contributed by atoms with Crippen LogP contribution in [0.2, 0.25) is 0 Å². The molecular weight excluding hydrogens is 471 g/mol. The molecule has 0 aromatic carbocycles. The zero-order valence-corrected chi connectivity index (χ0v) is 17.3. The fourth-order valence-electron chi connectivity index (χ4n) is 2.32. The second-order valence-corrected chi connectivity index (χ2v) is 7.14. The molecule has 13 heteroatoms. The zero-order chi connectivity index (χ0) is 21.4. The summed E-state index contributed by atoms with van der Waals surface area (Å²) in [4.78, 5) is 36.6. The molecule has 0 aliphatic carbocycles. The molecule has 1 N–H and O–H groups in total. The van der Waals surface area contributed by atoms with Crippen LogP contribution in [0.1, 0.15) is 41.8 Å². The van der Waals surface area contributed by atoms with E-state index in [1.54, 1.807) is 0 Å². The number of alkyl halides is 3. The molecule has 0 radical (unpaired) electrons. The van der Waals surface area contributed by atoms with Crippen LogP contribution in [0.15, 0.2) is 4.47 Å². The summed E-state index contributed by atoms with van der Waals surface area (Å²) in [5.74, 6) is -2.55. The Labute approximate surface area is 168 Å². The lowest BCUT2D eigenvalue weighted by Crippen LogP contribution is -2.18. The largest absolute Gasteiger partial charge is 0.465 e. The molecule has 0 unspecified atom stereocenters. The number of halogens is 4. The van der Waals surface area contributed by atoms with Gasteiger partial charge in [-0.2, -0.15) is 18.3 Å². The number of ether oxygens (including phenoxy) is 2. The summed E-state index contributed by atoms with van der Waals surface area (Å²) >= 11 is 3.48. The molecule has 2 heterocycles. The van der Waals surface area contributed by atoms with Gasteiger partial charge in [0.2, 0.25) is 0 Å². The molecule has 152 valence electrons. The topological polar surface area (TPSA) is 99.5 Å². The summed E-state index contributed by atoms with van der Waals surface area (Å²) in [7, 11) is 3.41. The van der Waals surface area contributed by atoms with E-state index in [0.29, 0.717) is 0 Å². The minimum absolute atomic E-state index is 0.0400. The molecule has 2 aromatic rings. The first-order chi connectivity index (χ1) is 12.9. The second-order valence-electron chi connectivity index (χ2n) is 5.33. The standard InChI is InChI=1S/C15H13BrF3N3O5S/c1-5-6(13(24)26-3)12(28-9(5)14(25)27-4)20-11(23)8-7(16)10(15(17,18)19)21-22(8)2/h1-4H3,(H,20,23). The number of methoxy groups -OCH3 is 2. The van der Waals surface area contributed by atoms with Crippen molar-refractivity contribution < 1.29 is 37.0 Å². The molecule has 0 aliphatic rings. The molecule has 2 rings (SSSR count). The maximum Gasteiger partial charge on any atom is 0.436 e. The van der Waals surface area contributed by atoms with Crippen LogP contribution < -0.4 is 5.32 Å². The van der Waals surface area contributed by atoms with E-state index in [-0.39, 0.29) is 21.0 Å². The molecule has 2 aromatic heterocycles. The van der Waals surface area contributed by atoms with Gasteiger partial charge in [-0.1, -0.05) is 0 Å². The third-order valence-corrected chi connectivity index (χ3v) is 5.55. The van der Waals surface area contributed by atoms with Gasteiger partial charge in [-0.15, -0.1) is 11.3 Å². The van der Waals surface area contributed by atoms with E-state index in [1.807, 2.05) is 0 Å². The number of thiophene rings is 1. The van der Waals surface area contributed by atoms with Crippen LogP contribution in [0, 0.1) is 6.92 Å². The van der Waals surface area contributed by atoms with Crippen LogP contribution in [0.4, 0.5) is 18.2 Å². The van der Waals surface area contributed by atoms with E-state index < -0.39 is 39.9 Å². The van der Waals surface area contributed by atoms with Gasteiger partial charge < -0.3 is 14.8 Å². The normalized spacial score (nSPS) is 11.3. The number of hydrogen-bond acceptors (Lipinski definition) is 7. The summed E-state index contributed by atoms with van der Waals surface area (Å²) < 4.78 is 48.4. The predicted molar refractivity (Wildman–Crippen MR) is 95.6 cm³/mol. The number of aromatic nitrogens is 2. The summed E-state index contributed by atoms with van der Waals surface area (Å²) in [5.41, 5.74) is -1.59. The highest BCUT2D eigenvalue weighted by Crippen LogP contribution is 2.37. The highest BCUT2D eigenvalue weighted by molar-refractivity contribution is 9.10. The summed E-state index contributed by atoms with van der Waals surface area (Å²) in [6.07, 6.45) is -4.77. The molecule has 1 amide bonds. The van der Waals surface area contributed by atoms with E-state index in [4.69, 9.17) is 0 Å². The smallest absolute Gasteiger partial charge is 0.436 e. The van der Waals surface area contributed by atoms with Crippen LogP contribution in [0.25, 0.3) is 0 Å². The maximum absolute atomic E-state index is 13.0. The molecule has 0 spiro atoms. The summed E-state index contributed by atoms with van der Waals surface area (Å²) in [5, 5.41) is 5.57. The van der Waals surface area contributed by atoms with Crippen LogP contribution in [-0.2, 0) is 22.7 Å². The Morgan fingerprint density at radius 2 is 1.75 bits per heavy atom. The minimum atomic E-state index is -4.77. The third kappa shape index (κ3) is 3.90. The van der Waals surface area contributed by atoms with Gasteiger partial charge in [0.1, 0.15) is 15.6 Å². The van der Waals surface area contributed by atoms with Crippen molar-refractivity contribution in [2.24, 2.45) is 7.05 Å². The van der Waals surface area contributed by atoms with Crippen LogP contribution in [-0.4, -0.2) is 41.8 Å². The van der Waals surface area contributed by atoms with Crippen molar-refractivity contribution in [2.45, 2.75) is 13.1 Å². The highest BCUT2D eigenvalue weighted by Gasteiger charge is 2.39. The molecule has 0 bridgehead atoms. The fraction of sp³-hybridized carbons (Fsp3) is 0.333. The number of hydrogen-bond donors (Lipinski definition) is 1. The lowest BCUT2D eigenvalue weighted by Gasteiger charge is -2.07. The van der Waals surface area contributed by atoms with Gasteiger partial charge >= 0.3 is 18.1 Å². The van der Waals surface area contributed by atoms with Crippen molar-refractivity contribution in [3.63, 3.8) is 0 Å². The predicted octanol–water partition coefficient (Wildman–Crippen LogP) is 3.40. The van der Waals surface area contributed by atoms with Crippen molar-refractivity contribution in [1.29, 1.82) is 0 Å². The Bertz CT molecular complexity index is 967. The van der Waals surface area contributed by atoms with Crippen molar-refractivity contribution in [3.05, 3.63) is 31.9 Å². The monoisotopic (exact) mass is 483 g/mol. The molecule has 0 aliphatic heterocycles. The van der Waals surface area contributed by atoms with Gasteiger partial charge in [-0.25, -0.2) is 9.59 Å². The molecule has 0 fully saturated rings. The lowest BCUT2D eigenvalue weighted by molar-refractivity contribution is -0.142. The Kier molecular flexibility index (Phi) is 6.18. The van der Waals surface area contributed by atoms with Crippen molar-refractivity contribution in [2.75, 3.05) is 19.5 Å². The van der Waals surface area contributed by atoms with E-state index >= 15 is 0 Å². The first-order valence-electron chi connectivity index (χ1n) is 7.35. The SMILES string of the molecule is COC(=O)c1sc(NC(=O)c2c(Br)c(C(F)(F)F)nn2C)c(C(=O)OC)c1C. The first kappa shape index (κ1) is 21.9. The number of rotatable bonds is 4.